The van der Waals surface area contributed by atoms with Gasteiger partial charge in [-0.15, -0.1) is 0 Å². The zero-order valence-corrected chi connectivity index (χ0v) is 63.6. The SMILES string of the molecule is C=C1C[C@@H](C2OCCN2C(=O)OCc2ccc(NC(=O)[C@H](C)NC(=O)[C@@H](NC(=O)CCOCCOCCOCCOCCNC(=O)CCN3C(=O)C=CC3O)C(C)C)cc2)N(C(=O)c2cc(OC)c(OCCCCCOc3ccc(-c4nc5ccc(-c6nc7ccc(N8CCN(C)CC8)cc7[nH]6)cc5[nH]4)cc3)cc2N)C1. The summed E-state index contributed by atoms with van der Waals surface area (Å²) < 4.78 is 51.9. The van der Waals surface area contributed by atoms with E-state index < -0.39 is 60.3 Å². The maximum Gasteiger partial charge on any atom is 0.412 e. The number of aromatic nitrogens is 4. The number of nitrogen functional groups attached to an aromatic ring is 1. The Morgan fingerprint density at radius 1 is 0.694 bits per heavy atom. The third-order valence-electron chi connectivity index (χ3n) is 19.5. The Bertz CT molecular complexity index is 4370. The number of fused-ring (bicyclic) bond motifs is 2. The van der Waals surface area contributed by atoms with Crippen molar-refractivity contribution in [1.29, 1.82) is 0 Å². The number of aromatic amines is 2. The van der Waals surface area contributed by atoms with Gasteiger partial charge in [-0.2, -0.15) is 0 Å². The average Bonchev–Trinajstić information content (AvgIpc) is 1.42. The first-order valence-electron chi connectivity index (χ1n) is 37.8. The van der Waals surface area contributed by atoms with Gasteiger partial charge >= 0.3 is 6.09 Å². The van der Waals surface area contributed by atoms with Crippen LogP contribution in [0.4, 0.5) is 21.9 Å². The number of imidazole rings is 2. The Morgan fingerprint density at radius 2 is 1.35 bits per heavy atom. The molecule has 594 valence electrons. The minimum absolute atomic E-state index is 0.00940. The molecule has 4 aliphatic rings. The second kappa shape index (κ2) is 39.8. The summed E-state index contributed by atoms with van der Waals surface area (Å²) in [5.74, 6) is 0.334. The summed E-state index contributed by atoms with van der Waals surface area (Å²) in [6, 6.07) is 27.8. The third-order valence-corrected chi connectivity index (χ3v) is 19.5. The van der Waals surface area contributed by atoms with E-state index in [-0.39, 0.29) is 101 Å². The minimum atomic E-state index is -1.00. The molecule has 3 saturated heterocycles. The summed E-state index contributed by atoms with van der Waals surface area (Å²) in [5.41, 5.74) is 15.6. The van der Waals surface area contributed by atoms with Gasteiger partial charge in [-0.25, -0.2) is 14.8 Å². The standard InChI is InChI=1S/C80H102N14O17/c1-51(2)73(89-70(96)25-35-104-38-40-106-42-43-107-41-39-105-36-26-82-69(95)24-27-92-71(97)22-23-72(92)98)77(100)83-53(4)76(99)84-57-15-10-54(11-16-57)50-111-80(102)93-32-37-110-79(93)66-44-52(3)49-94(66)78(101)60-47-67(103-6)68(48-61(60)81)109-34-9-7-8-33-108-59-18-12-55(13-19-59)74-85-62-20-14-56(45-64(62)87-74)75-86-63-21-17-58(46-65(63)88-75)91-30-28-90(5)29-31-91/h10-23,45-48,51,53,66,71,73,79,97H,3,7-9,24-44,49-50,81H2,1-2,4-6H3,(H,82,95)(H,83,100)(H,84,99)(H,85,87)(H,86,88)(H,89,96)/t53-,66-,71?,73-,79?/m0/s1. The van der Waals surface area contributed by atoms with Crippen molar-refractivity contribution >= 4 is 80.7 Å². The third kappa shape index (κ3) is 22.5. The number of anilines is 3. The monoisotopic (exact) mass is 1530 g/mol. The number of likely N-dealkylation sites (tertiary alicyclic amines) is 1. The topological polar surface area (TPSA) is 370 Å². The largest absolute Gasteiger partial charge is 0.494 e. The smallest absolute Gasteiger partial charge is 0.412 e. The number of nitrogens with one attached hydrogen (secondary N) is 6. The molecule has 6 heterocycles. The fraction of sp³-hybridized carbons (Fsp3) is 0.463. The van der Waals surface area contributed by atoms with Crippen LogP contribution in [0.5, 0.6) is 17.2 Å². The van der Waals surface area contributed by atoms with Gasteiger partial charge in [0.05, 0.1) is 120 Å². The molecule has 0 spiro atoms. The van der Waals surface area contributed by atoms with E-state index in [0.717, 1.165) is 102 Å². The molecule has 7 aromatic rings. The van der Waals surface area contributed by atoms with Crippen LogP contribution in [0.3, 0.4) is 0 Å². The van der Waals surface area contributed by atoms with Crippen molar-refractivity contribution in [2.75, 3.05) is 155 Å². The summed E-state index contributed by atoms with van der Waals surface area (Å²) in [4.78, 5) is 117. The van der Waals surface area contributed by atoms with Crippen molar-refractivity contribution in [2.24, 2.45) is 5.92 Å². The zero-order chi connectivity index (χ0) is 78.3. The lowest BCUT2D eigenvalue weighted by Gasteiger charge is -2.34. The molecule has 7 amide bonds. The number of nitrogens with zero attached hydrogens (tertiary/aromatic N) is 7. The Morgan fingerprint density at radius 3 is 2.04 bits per heavy atom. The lowest BCUT2D eigenvalue weighted by Crippen LogP contribution is -2.53. The van der Waals surface area contributed by atoms with Crippen LogP contribution in [0.15, 0.2) is 121 Å². The molecule has 5 aromatic carbocycles. The Hall–Kier alpha value is -10.7. The Balaban J connectivity index is 0.541. The van der Waals surface area contributed by atoms with Crippen molar-refractivity contribution in [3.63, 3.8) is 0 Å². The van der Waals surface area contributed by atoms with Gasteiger partial charge in [-0.3, -0.25) is 33.7 Å². The molecule has 2 unspecified atom stereocenters. The fourth-order valence-electron chi connectivity index (χ4n) is 13.2. The molecular weight excluding hydrogens is 1430 g/mol. The van der Waals surface area contributed by atoms with Gasteiger partial charge in [-0.05, 0) is 136 Å². The van der Waals surface area contributed by atoms with Crippen molar-refractivity contribution < 1.29 is 81.3 Å². The highest BCUT2D eigenvalue weighted by molar-refractivity contribution is 6.01. The number of methoxy groups -OCH3 is 1. The molecule has 9 N–H and O–H groups in total. The number of piperazine rings is 1. The molecule has 2 aromatic heterocycles. The number of unbranched alkanes of at least 4 members (excludes halogenated alkanes) is 2. The number of ether oxygens (including phenoxy) is 9. The predicted octanol–water partition coefficient (Wildman–Crippen LogP) is 6.77. The lowest BCUT2D eigenvalue weighted by atomic mass is 10.0. The number of benzene rings is 5. The molecule has 0 bridgehead atoms. The van der Waals surface area contributed by atoms with Crippen LogP contribution >= 0.6 is 0 Å². The number of H-pyrrole nitrogens is 2. The highest BCUT2D eigenvalue weighted by Crippen LogP contribution is 2.37. The Kier molecular flexibility index (Phi) is 29.2. The summed E-state index contributed by atoms with van der Waals surface area (Å²) in [6.07, 6.45) is 2.93. The van der Waals surface area contributed by atoms with Crippen LogP contribution in [-0.4, -0.2) is 256 Å². The van der Waals surface area contributed by atoms with E-state index in [0.29, 0.717) is 75.4 Å². The quantitative estimate of drug-likeness (QED) is 0.0111. The van der Waals surface area contributed by atoms with Crippen LogP contribution in [0, 0.1) is 5.92 Å². The van der Waals surface area contributed by atoms with Gasteiger partial charge in [0.25, 0.3) is 5.91 Å². The van der Waals surface area contributed by atoms with Gasteiger partial charge in [0.15, 0.2) is 17.7 Å². The lowest BCUT2D eigenvalue weighted by molar-refractivity contribution is -0.132. The van der Waals surface area contributed by atoms with Crippen LogP contribution in [0.25, 0.3) is 44.8 Å². The molecule has 0 aliphatic carbocycles. The van der Waals surface area contributed by atoms with Gasteiger partial charge < -0.3 is 104 Å². The molecule has 31 heteroatoms. The maximum atomic E-state index is 14.5. The number of hydrogen-bond acceptors (Lipinski definition) is 22. The summed E-state index contributed by atoms with van der Waals surface area (Å²) in [5, 5.41) is 20.6. The summed E-state index contributed by atoms with van der Waals surface area (Å²) in [7, 11) is 3.66. The van der Waals surface area contributed by atoms with Crippen molar-refractivity contribution in [2.45, 2.75) is 96.5 Å². The van der Waals surface area contributed by atoms with Gasteiger partial charge in [0, 0.05) is 99.0 Å². The highest BCUT2D eigenvalue weighted by atomic mass is 16.6. The second-order valence-corrected chi connectivity index (χ2v) is 28.0. The van der Waals surface area contributed by atoms with E-state index in [2.05, 4.69) is 78.9 Å². The minimum Gasteiger partial charge on any atom is -0.494 e. The van der Waals surface area contributed by atoms with E-state index in [1.54, 1.807) is 55.1 Å². The number of aliphatic hydroxyl groups excluding tert-OH is 1. The number of likely N-dealkylation sites (N-methyl/N-ethyl adjacent to an activating group) is 1. The summed E-state index contributed by atoms with van der Waals surface area (Å²) >= 11 is 0. The number of carbonyl (C=O) groups excluding carboxylic acids is 7. The number of amides is 7. The first-order valence-corrected chi connectivity index (χ1v) is 37.8. The van der Waals surface area contributed by atoms with Crippen LogP contribution in [0.1, 0.15) is 75.2 Å². The van der Waals surface area contributed by atoms with Crippen LogP contribution < -0.4 is 46.1 Å². The van der Waals surface area contributed by atoms with Crippen LogP contribution in [-0.2, 0) is 59.0 Å². The van der Waals surface area contributed by atoms with Crippen molar-refractivity contribution in [3.8, 4) is 40.0 Å². The van der Waals surface area contributed by atoms with E-state index >= 15 is 0 Å². The maximum absolute atomic E-state index is 14.5. The molecule has 3 fully saturated rings. The number of carbonyl (C=O) groups is 7. The molecule has 4 aliphatic heterocycles. The van der Waals surface area contributed by atoms with Crippen LogP contribution in [0.2, 0.25) is 0 Å². The van der Waals surface area contributed by atoms with E-state index in [9.17, 15) is 38.7 Å². The van der Waals surface area contributed by atoms with Crippen molar-refractivity contribution in [1.82, 2.24) is 55.5 Å². The van der Waals surface area contributed by atoms with Gasteiger partial charge in [-0.1, -0.05) is 38.1 Å². The first-order chi connectivity index (χ1) is 53.7. The molecule has 5 atom stereocenters. The van der Waals surface area contributed by atoms with Gasteiger partial charge in [0.1, 0.15) is 42.3 Å². The first kappa shape index (κ1) is 81.3. The van der Waals surface area contributed by atoms with E-state index in [1.165, 1.54) is 41.7 Å². The highest BCUT2D eigenvalue weighted by Gasteiger charge is 2.45. The number of hydrogen-bond donors (Lipinski definition) is 8. The normalized spacial score (nSPS) is 17.1. The molecule has 111 heavy (non-hydrogen) atoms. The van der Waals surface area contributed by atoms with Gasteiger partial charge in [0.2, 0.25) is 29.5 Å². The number of rotatable bonds is 40. The molecular formula is C80H102N14O17. The fourth-order valence-corrected chi connectivity index (χ4v) is 13.2. The Labute approximate surface area is 644 Å². The van der Waals surface area contributed by atoms with E-state index in [4.69, 9.17) is 58.3 Å². The molecule has 31 nitrogen and oxygen atoms in total. The zero-order valence-electron chi connectivity index (χ0n) is 63.6. The predicted molar refractivity (Wildman–Crippen MR) is 416 cm³/mol. The summed E-state index contributed by atoms with van der Waals surface area (Å²) in [6.45, 7) is 17.4. The molecule has 11 rings (SSSR count). The van der Waals surface area contributed by atoms with E-state index in [1.807, 2.05) is 36.4 Å². The molecule has 0 radical (unpaired) electrons. The number of nitrogens with two attached hydrogens (primary N) is 1. The molecule has 0 saturated carbocycles. The average molecular weight is 1530 g/mol. The number of aliphatic hydroxyl groups is 1. The van der Waals surface area contributed by atoms with Crippen molar-refractivity contribution in [3.05, 3.63) is 132 Å². The second-order valence-electron chi connectivity index (χ2n) is 28.0.